The first kappa shape index (κ1) is 20.8. The fourth-order valence-corrected chi connectivity index (χ4v) is 3.24. The van der Waals surface area contributed by atoms with Crippen LogP contribution in [0.15, 0.2) is 48.5 Å². The summed E-state index contributed by atoms with van der Waals surface area (Å²) in [5, 5.41) is 23.6. The Labute approximate surface area is 173 Å². The van der Waals surface area contributed by atoms with Crippen LogP contribution in [0.25, 0.3) is 0 Å². The summed E-state index contributed by atoms with van der Waals surface area (Å²) in [7, 11) is 0. The minimum Gasteiger partial charge on any atom is -0.444 e. The van der Waals surface area contributed by atoms with Crippen molar-refractivity contribution in [1.82, 2.24) is 5.32 Å². The van der Waals surface area contributed by atoms with Gasteiger partial charge in [-0.05, 0) is 32.4 Å². The molecule has 0 aromatic heterocycles. The van der Waals surface area contributed by atoms with E-state index < -0.39 is 28.1 Å². The number of benzene rings is 2. The van der Waals surface area contributed by atoms with E-state index in [1.807, 2.05) is 36.4 Å². The first-order chi connectivity index (χ1) is 14.1. The van der Waals surface area contributed by atoms with Crippen LogP contribution in [0.3, 0.4) is 0 Å². The van der Waals surface area contributed by atoms with Crippen LogP contribution in [0.1, 0.15) is 31.9 Å². The van der Waals surface area contributed by atoms with E-state index in [9.17, 15) is 25.0 Å². The molecule has 0 radical (unpaired) electrons. The van der Waals surface area contributed by atoms with Crippen LogP contribution in [-0.4, -0.2) is 22.5 Å². The molecule has 30 heavy (non-hydrogen) atoms. The second-order valence-corrected chi connectivity index (χ2v) is 7.82. The van der Waals surface area contributed by atoms with Gasteiger partial charge in [0.2, 0.25) is 5.54 Å². The maximum Gasteiger partial charge on any atom is 0.409 e. The summed E-state index contributed by atoms with van der Waals surface area (Å²) in [6, 6.07) is 14.7. The van der Waals surface area contributed by atoms with Crippen LogP contribution in [0, 0.1) is 21.4 Å². The predicted octanol–water partition coefficient (Wildman–Crippen LogP) is 3.39. The van der Waals surface area contributed by atoms with Crippen LogP contribution in [0.2, 0.25) is 0 Å². The molecule has 0 spiro atoms. The van der Waals surface area contributed by atoms with Crippen LogP contribution in [0.4, 0.5) is 16.2 Å². The molecule has 2 aromatic rings. The first-order valence-corrected chi connectivity index (χ1v) is 9.14. The maximum absolute atomic E-state index is 13.4. The van der Waals surface area contributed by atoms with E-state index in [2.05, 4.69) is 5.32 Å². The highest BCUT2D eigenvalue weighted by Gasteiger charge is 2.54. The van der Waals surface area contributed by atoms with Gasteiger partial charge in [-0.15, -0.1) is 0 Å². The van der Waals surface area contributed by atoms with Crippen LogP contribution in [-0.2, 0) is 21.6 Å². The Bertz CT molecular complexity index is 1060. The van der Waals surface area contributed by atoms with Gasteiger partial charge in [0.1, 0.15) is 11.7 Å². The van der Waals surface area contributed by atoms with Crippen LogP contribution < -0.4 is 10.2 Å². The Kier molecular flexibility index (Phi) is 5.18. The summed E-state index contributed by atoms with van der Waals surface area (Å²) in [4.78, 5) is 37.8. The summed E-state index contributed by atoms with van der Waals surface area (Å²) in [5.74, 6) is -0.713. The van der Waals surface area contributed by atoms with E-state index >= 15 is 0 Å². The zero-order valence-corrected chi connectivity index (χ0v) is 16.7. The lowest BCUT2D eigenvalue weighted by Gasteiger charge is -2.26. The van der Waals surface area contributed by atoms with E-state index in [1.165, 1.54) is 17.0 Å². The summed E-state index contributed by atoms with van der Waals surface area (Å²) in [6.07, 6.45) is -0.976. The Balaban J connectivity index is 2.09. The summed E-state index contributed by atoms with van der Waals surface area (Å²) < 4.78 is 5.22. The largest absolute Gasteiger partial charge is 0.444 e. The number of anilines is 1. The van der Waals surface area contributed by atoms with Gasteiger partial charge in [-0.25, -0.2) is 4.79 Å². The van der Waals surface area contributed by atoms with Gasteiger partial charge in [0.15, 0.2) is 0 Å². The van der Waals surface area contributed by atoms with E-state index in [-0.39, 0.29) is 17.8 Å². The third kappa shape index (κ3) is 3.80. The highest BCUT2D eigenvalue weighted by atomic mass is 16.6. The third-order valence-corrected chi connectivity index (χ3v) is 4.49. The van der Waals surface area contributed by atoms with Gasteiger partial charge in [0.05, 0.1) is 17.2 Å². The highest BCUT2D eigenvalue weighted by molar-refractivity contribution is 6.11. The molecule has 0 saturated heterocycles. The Hall–Kier alpha value is -3.93. The standard InChI is InChI=1S/C21H20N4O5/c1-20(2,3)30-19(27)23-21(13-22)16-11-15(25(28)29)9-10-17(16)24(18(21)26)12-14-7-5-4-6-8-14/h4-11H,12H2,1-3H3,(H,23,27)/t21-/m0/s1. The molecule has 1 heterocycles. The molecule has 1 atom stereocenters. The Morgan fingerprint density at radius 1 is 1.27 bits per heavy atom. The average molecular weight is 408 g/mol. The number of non-ortho nitro benzene ring substituents is 1. The molecule has 0 fully saturated rings. The van der Waals surface area contributed by atoms with Gasteiger partial charge in [-0.3, -0.25) is 20.2 Å². The van der Waals surface area contributed by atoms with Crippen molar-refractivity contribution in [2.24, 2.45) is 0 Å². The number of rotatable bonds is 4. The van der Waals surface area contributed by atoms with Crippen molar-refractivity contribution in [3.63, 3.8) is 0 Å². The molecule has 1 aliphatic rings. The Morgan fingerprint density at radius 2 is 1.93 bits per heavy atom. The predicted molar refractivity (Wildman–Crippen MR) is 107 cm³/mol. The number of fused-ring (bicyclic) bond motifs is 1. The van der Waals surface area contributed by atoms with Crippen LogP contribution in [0.5, 0.6) is 0 Å². The number of ether oxygens (including phenoxy) is 1. The van der Waals surface area contributed by atoms with E-state index in [0.717, 1.165) is 11.6 Å². The lowest BCUT2D eigenvalue weighted by molar-refractivity contribution is -0.384. The normalized spacial score (nSPS) is 17.8. The van der Waals surface area contributed by atoms with Gasteiger partial charge in [0.25, 0.3) is 11.6 Å². The molecule has 9 nitrogen and oxygen atoms in total. The van der Waals surface area contributed by atoms with E-state index in [4.69, 9.17) is 4.74 Å². The van der Waals surface area contributed by atoms with Crippen molar-refractivity contribution in [3.05, 3.63) is 69.8 Å². The number of alkyl carbamates (subject to hydrolysis) is 1. The zero-order chi connectivity index (χ0) is 22.1. The number of amides is 2. The number of nitrogens with one attached hydrogen (secondary N) is 1. The second kappa shape index (κ2) is 7.48. The SMILES string of the molecule is CC(C)(C)OC(=O)N[C@]1(C#N)C(=O)N(Cc2ccccc2)c2ccc([N+](=O)[O-])cc21. The number of nitro groups is 1. The molecule has 0 bridgehead atoms. The molecular weight excluding hydrogens is 388 g/mol. The summed E-state index contributed by atoms with van der Waals surface area (Å²) in [5.41, 5.74) is -2.16. The molecule has 2 amide bonds. The van der Waals surface area contributed by atoms with Crippen molar-refractivity contribution in [2.75, 3.05) is 4.90 Å². The fraction of sp³-hybridized carbons (Fsp3) is 0.286. The van der Waals surface area contributed by atoms with E-state index in [0.29, 0.717) is 5.69 Å². The lowest BCUT2D eigenvalue weighted by Crippen LogP contribution is -2.53. The average Bonchev–Trinajstić information content (AvgIpc) is 2.89. The maximum atomic E-state index is 13.4. The molecule has 0 unspecified atom stereocenters. The monoisotopic (exact) mass is 408 g/mol. The number of nitriles is 1. The molecule has 0 saturated carbocycles. The zero-order valence-electron chi connectivity index (χ0n) is 16.7. The quantitative estimate of drug-likeness (QED) is 0.610. The van der Waals surface area contributed by atoms with Crippen molar-refractivity contribution >= 4 is 23.4 Å². The lowest BCUT2D eigenvalue weighted by atomic mass is 9.92. The van der Waals surface area contributed by atoms with Gasteiger partial charge < -0.3 is 9.64 Å². The molecular formula is C21H20N4O5. The topological polar surface area (TPSA) is 126 Å². The molecule has 1 aliphatic heterocycles. The van der Waals surface area contributed by atoms with Gasteiger partial charge in [-0.1, -0.05) is 30.3 Å². The second-order valence-electron chi connectivity index (χ2n) is 7.82. The highest BCUT2D eigenvalue weighted by Crippen LogP contribution is 2.42. The third-order valence-electron chi connectivity index (χ3n) is 4.49. The minimum absolute atomic E-state index is 0.0333. The molecule has 3 rings (SSSR count). The number of hydrogen-bond acceptors (Lipinski definition) is 6. The minimum atomic E-state index is -2.14. The molecule has 2 aromatic carbocycles. The Morgan fingerprint density at radius 3 is 2.50 bits per heavy atom. The number of carbonyl (C=O) groups excluding carboxylic acids is 2. The van der Waals surface area contributed by atoms with Crippen LogP contribution >= 0.6 is 0 Å². The fourth-order valence-electron chi connectivity index (χ4n) is 3.24. The summed E-state index contributed by atoms with van der Waals surface area (Å²) in [6.45, 7) is 5.05. The van der Waals surface area contributed by atoms with Gasteiger partial charge in [-0.2, -0.15) is 5.26 Å². The number of nitro benzene ring substituents is 1. The smallest absolute Gasteiger partial charge is 0.409 e. The number of carbonyl (C=O) groups is 2. The number of hydrogen-bond donors (Lipinski definition) is 1. The summed E-state index contributed by atoms with van der Waals surface area (Å²) >= 11 is 0. The van der Waals surface area contributed by atoms with Crippen molar-refractivity contribution in [3.8, 4) is 6.07 Å². The van der Waals surface area contributed by atoms with E-state index in [1.54, 1.807) is 20.8 Å². The molecule has 154 valence electrons. The van der Waals surface area contributed by atoms with Gasteiger partial charge in [0, 0.05) is 17.7 Å². The van der Waals surface area contributed by atoms with Crippen molar-refractivity contribution in [1.29, 1.82) is 5.26 Å². The first-order valence-electron chi connectivity index (χ1n) is 9.14. The molecule has 9 heteroatoms. The molecule has 1 N–H and O–H groups in total. The molecule has 0 aliphatic carbocycles. The van der Waals surface area contributed by atoms with Crippen molar-refractivity contribution in [2.45, 2.75) is 38.5 Å². The van der Waals surface area contributed by atoms with Crippen molar-refractivity contribution < 1.29 is 19.2 Å². The number of nitrogens with zero attached hydrogens (tertiary/aromatic N) is 3. The van der Waals surface area contributed by atoms with Gasteiger partial charge >= 0.3 is 6.09 Å².